The molecule has 0 fully saturated rings. The van der Waals surface area contributed by atoms with Crippen LogP contribution in [0.3, 0.4) is 0 Å². The van der Waals surface area contributed by atoms with Gasteiger partial charge in [0.25, 0.3) is 5.56 Å². The van der Waals surface area contributed by atoms with E-state index in [4.69, 9.17) is 19.6 Å². The summed E-state index contributed by atoms with van der Waals surface area (Å²) in [7, 11) is 3.29. The summed E-state index contributed by atoms with van der Waals surface area (Å²) in [4.78, 5) is 12.1. The molecule has 0 bridgehead atoms. The maximum absolute atomic E-state index is 12.1. The molecule has 0 amide bonds. The first-order valence-corrected chi connectivity index (χ1v) is 10.9. The van der Waals surface area contributed by atoms with Gasteiger partial charge in [-0.2, -0.15) is 0 Å². The second-order valence-electron chi connectivity index (χ2n) is 8.42. The van der Waals surface area contributed by atoms with Crippen molar-refractivity contribution in [3.8, 4) is 22.6 Å². The third-order valence-electron chi connectivity index (χ3n) is 6.45. The van der Waals surface area contributed by atoms with Crippen LogP contribution in [0, 0.1) is 5.41 Å². The van der Waals surface area contributed by atoms with Gasteiger partial charge in [-0.25, -0.2) is 0 Å². The molecule has 1 N–H and O–H groups in total. The maximum Gasteiger partial charge on any atom is 0.250 e. The van der Waals surface area contributed by atoms with Crippen LogP contribution in [0.5, 0.6) is 11.5 Å². The number of hydrogen-bond acceptors (Lipinski definition) is 5. The van der Waals surface area contributed by atoms with E-state index in [9.17, 15) is 4.79 Å². The van der Waals surface area contributed by atoms with Crippen molar-refractivity contribution in [2.24, 2.45) is 7.05 Å². The smallest absolute Gasteiger partial charge is 0.250 e. The van der Waals surface area contributed by atoms with Crippen LogP contribution in [0.2, 0.25) is 0 Å². The summed E-state index contributed by atoms with van der Waals surface area (Å²) >= 11 is 0. The van der Waals surface area contributed by atoms with Crippen molar-refractivity contribution in [3.05, 3.63) is 81.8 Å². The van der Waals surface area contributed by atoms with Gasteiger partial charge in [-0.05, 0) is 47.2 Å². The van der Waals surface area contributed by atoms with Gasteiger partial charge in [0, 0.05) is 43.3 Å². The van der Waals surface area contributed by atoms with E-state index in [-0.39, 0.29) is 23.5 Å². The van der Waals surface area contributed by atoms with Crippen molar-refractivity contribution in [3.63, 3.8) is 0 Å². The van der Waals surface area contributed by atoms with E-state index in [2.05, 4.69) is 12.1 Å². The highest BCUT2D eigenvalue weighted by Crippen LogP contribution is 2.42. The first kappa shape index (κ1) is 20.4. The lowest BCUT2D eigenvalue weighted by molar-refractivity contribution is 0.206. The molecule has 1 aromatic heterocycles. The van der Waals surface area contributed by atoms with Gasteiger partial charge in [0.1, 0.15) is 17.6 Å². The minimum Gasteiger partial charge on any atom is -0.492 e. The van der Waals surface area contributed by atoms with Gasteiger partial charge in [0.2, 0.25) is 0 Å². The summed E-state index contributed by atoms with van der Waals surface area (Å²) in [5.41, 5.74) is 5.57. The Labute approximate surface area is 186 Å². The van der Waals surface area contributed by atoms with Crippen LogP contribution in [0.15, 0.2) is 59.5 Å². The summed E-state index contributed by atoms with van der Waals surface area (Å²) in [6, 6.07) is 15.9. The van der Waals surface area contributed by atoms with E-state index in [0.717, 1.165) is 41.0 Å². The van der Waals surface area contributed by atoms with E-state index in [1.807, 2.05) is 36.5 Å². The second-order valence-corrected chi connectivity index (χ2v) is 8.42. The summed E-state index contributed by atoms with van der Waals surface area (Å²) in [5.74, 6) is 2.01. The number of hydrogen-bond donors (Lipinski definition) is 1. The predicted molar refractivity (Wildman–Crippen MR) is 123 cm³/mol. The average Bonchev–Trinajstić information content (AvgIpc) is 3.39. The Bertz CT molecular complexity index is 1250. The SMILES string of the molecule is COC(=N)CC1COc2cc(OC3CCc4c(-c5ccn(C)c(=O)c5)cccc43)ccc21. The Morgan fingerprint density at radius 3 is 2.88 bits per heavy atom. The lowest BCUT2D eigenvalue weighted by Gasteiger charge is -2.17. The van der Waals surface area contributed by atoms with Gasteiger partial charge in [-0.1, -0.05) is 24.3 Å². The molecule has 0 radical (unpaired) electrons. The first-order chi connectivity index (χ1) is 15.5. The van der Waals surface area contributed by atoms with Crippen LogP contribution in [-0.4, -0.2) is 24.2 Å². The predicted octanol–water partition coefficient (Wildman–Crippen LogP) is 4.61. The van der Waals surface area contributed by atoms with Gasteiger partial charge in [-0.15, -0.1) is 0 Å². The lowest BCUT2D eigenvalue weighted by Crippen LogP contribution is -2.14. The minimum atomic E-state index is -0.0339. The number of rotatable bonds is 5. The number of aromatic nitrogens is 1. The van der Waals surface area contributed by atoms with E-state index in [0.29, 0.717) is 13.0 Å². The van der Waals surface area contributed by atoms with Crippen molar-refractivity contribution in [2.45, 2.75) is 31.3 Å². The highest BCUT2D eigenvalue weighted by atomic mass is 16.5. The third-order valence-corrected chi connectivity index (χ3v) is 6.45. The Kier molecular flexibility index (Phi) is 5.21. The molecular weight excluding hydrogens is 404 g/mol. The molecule has 5 rings (SSSR count). The topological polar surface area (TPSA) is 73.5 Å². The normalized spacial score (nSPS) is 18.6. The van der Waals surface area contributed by atoms with Crippen molar-refractivity contribution < 1.29 is 14.2 Å². The monoisotopic (exact) mass is 430 g/mol. The average molecular weight is 431 g/mol. The quantitative estimate of drug-likeness (QED) is 0.474. The van der Waals surface area contributed by atoms with Gasteiger partial charge in [-0.3, -0.25) is 10.2 Å². The molecule has 2 aromatic carbocycles. The number of benzene rings is 2. The molecule has 164 valence electrons. The van der Waals surface area contributed by atoms with E-state index >= 15 is 0 Å². The van der Waals surface area contributed by atoms with Crippen molar-refractivity contribution >= 4 is 5.90 Å². The van der Waals surface area contributed by atoms with Crippen LogP contribution in [0.4, 0.5) is 0 Å². The molecule has 2 aliphatic rings. The number of methoxy groups -OCH3 is 1. The van der Waals surface area contributed by atoms with Crippen LogP contribution in [0.25, 0.3) is 11.1 Å². The zero-order valence-corrected chi connectivity index (χ0v) is 18.3. The van der Waals surface area contributed by atoms with E-state index in [1.54, 1.807) is 17.7 Å². The van der Waals surface area contributed by atoms with Gasteiger partial charge < -0.3 is 18.8 Å². The molecule has 6 nitrogen and oxygen atoms in total. The first-order valence-electron chi connectivity index (χ1n) is 10.9. The number of ether oxygens (including phenoxy) is 3. The van der Waals surface area contributed by atoms with Crippen molar-refractivity contribution in [2.75, 3.05) is 13.7 Å². The van der Waals surface area contributed by atoms with Gasteiger partial charge in [0.05, 0.1) is 13.7 Å². The number of nitrogens with zero attached hydrogens (tertiary/aromatic N) is 1. The summed E-state index contributed by atoms with van der Waals surface area (Å²) < 4.78 is 18.8. The molecule has 0 spiro atoms. The lowest BCUT2D eigenvalue weighted by atomic mass is 9.97. The van der Waals surface area contributed by atoms with Crippen molar-refractivity contribution in [1.82, 2.24) is 4.57 Å². The van der Waals surface area contributed by atoms with Gasteiger partial charge in [0.15, 0.2) is 5.90 Å². The number of nitrogens with one attached hydrogen (secondary N) is 1. The molecular formula is C26H26N2O4. The van der Waals surface area contributed by atoms with Crippen LogP contribution < -0.4 is 15.0 Å². The molecule has 1 aliphatic carbocycles. The zero-order chi connectivity index (χ0) is 22.2. The molecule has 32 heavy (non-hydrogen) atoms. The number of pyridine rings is 1. The molecule has 2 heterocycles. The minimum absolute atomic E-state index is 0.0111. The zero-order valence-electron chi connectivity index (χ0n) is 18.3. The Balaban J connectivity index is 1.38. The second kappa shape index (κ2) is 8.19. The van der Waals surface area contributed by atoms with Gasteiger partial charge >= 0.3 is 0 Å². The van der Waals surface area contributed by atoms with Crippen LogP contribution in [0.1, 0.15) is 41.6 Å². The number of fused-ring (bicyclic) bond motifs is 2. The summed E-state index contributed by atoms with van der Waals surface area (Å²) in [6.45, 7) is 0.552. The fourth-order valence-electron chi connectivity index (χ4n) is 4.70. The molecule has 2 atom stereocenters. The number of aryl methyl sites for hydroxylation is 1. The summed E-state index contributed by atoms with van der Waals surface area (Å²) in [5, 5.41) is 7.78. The molecule has 0 saturated carbocycles. The molecule has 2 unspecified atom stereocenters. The maximum atomic E-state index is 12.1. The molecule has 3 aromatic rings. The molecule has 1 aliphatic heterocycles. The fraction of sp³-hybridized carbons (Fsp3) is 0.308. The van der Waals surface area contributed by atoms with Crippen LogP contribution in [-0.2, 0) is 18.2 Å². The Morgan fingerprint density at radius 2 is 2.06 bits per heavy atom. The van der Waals surface area contributed by atoms with E-state index < -0.39 is 0 Å². The molecule has 0 saturated heterocycles. The Hall–Kier alpha value is -3.54. The third kappa shape index (κ3) is 3.66. The largest absolute Gasteiger partial charge is 0.492 e. The molecule has 6 heteroatoms. The standard InChI is InChI=1S/C26H26N2O4/c1-28-11-10-16(13-26(28)29)19-4-3-5-22-21(19)8-9-23(22)32-18-6-7-20-17(12-25(27)30-2)15-31-24(20)14-18/h3-7,10-11,13-14,17,23,27H,8-9,12,15H2,1-2H3. The highest BCUT2D eigenvalue weighted by molar-refractivity contribution is 5.74. The highest BCUT2D eigenvalue weighted by Gasteiger charge is 2.29. The fourth-order valence-corrected chi connectivity index (χ4v) is 4.70. The van der Waals surface area contributed by atoms with E-state index in [1.165, 1.54) is 18.2 Å². The van der Waals surface area contributed by atoms with Crippen molar-refractivity contribution in [1.29, 1.82) is 5.41 Å². The summed E-state index contributed by atoms with van der Waals surface area (Å²) in [6.07, 6.45) is 4.11. The Morgan fingerprint density at radius 1 is 1.19 bits per heavy atom. The van der Waals surface area contributed by atoms with Crippen LogP contribution >= 0.6 is 0 Å².